The molecule has 92 valence electrons. The van der Waals surface area contributed by atoms with Crippen molar-refractivity contribution in [2.75, 3.05) is 0 Å². The summed E-state index contributed by atoms with van der Waals surface area (Å²) in [6.07, 6.45) is 9.67. The molecular weight excluding hydrogens is 212 g/mol. The minimum atomic E-state index is 1.08. The summed E-state index contributed by atoms with van der Waals surface area (Å²) in [5.74, 6) is 2.61. The average Bonchev–Trinajstić information content (AvgIpc) is 2.79. The van der Waals surface area contributed by atoms with Crippen molar-refractivity contribution in [3.05, 3.63) is 36.4 Å². The third kappa shape index (κ3) is 2.40. The number of hydrogen-bond donors (Lipinski definition) is 0. The second-order valence-electron chi connectivity index (χ2n) is 4.65. The van der Waals surface area contributed by atoms with E-state index >= 15 is 0 Å². The maximum Gasteiger partial charge on any atom is 0.253 e. The summed E-state index contributed by atoms with van der Waals surface area (Å²) in [6.45, 7) is 6.46. The van der Waals surface area contributed by atoms with E-state index in [9.17, 15) is 0 Å². The van der Waals surface area contributed by atoms with E-state index in [1.54, 1.807) is 0 Å². The van der Waals surface area contributed by atoms with Gasteiger partial charge in [0.2, 0.25) is 0 Å². The molecule has 0 atom stereocenters. The van der Waals surface area contributed by atoms with Crippen molar-refractivity contribution >= 4 is 0 Å². The maximum absolute atomic E-state index is 2.30. The molecular formula is C13H22N4+2. The van der Waals surface area contributed by atoms with Crippen LogP contribution in [-0.2, 0) is 27.2 Å². The van der Waals surface area contributed by atoms with Crippen molar-refractivity contribution in [2.24, 2.45) is 14.1 Å². The zero-order valence-electron chi connectivity index (χ0n) is 11.2. The normalized spacial score (nSPS) is 11.1. The van der Waals surface area contributed by atoms with Gasteiger partial charge in [-0.25, -0.2) is 18.3 Å². The lowest BCUT2D eigenvalue weighted by atomic mass is 10.4. The summed E-state index contributed by atoms with van der Waals surface area (Å²) in [5.41, 5.74) is 0. The Hall–Kier alpha value is -1.58. The summed E-state index contributed by atoms with van der Waals surface area (Å²) in [6, 6.07) is 0. The number of aryl methyl sites for hydroxylation is 4. The molecule has 4 heteroatoms. The highest BCUT2D eigenvalue weighted by atomic mass is 15.1. The van der Waals surface area contributed by atoms with Crippen LogP contribution in [0.15, 0.2) is 24.8 Å². The van der Waals surface area contributed by atoms with Gasteiger partial charge in [0.05, 0.1) is 27.2 Å². The molecule has 0 unspecified atom stereocenters. The van der Waals surface area contributed by atoms with Crippen LogP contribution in [0, 0.1) is 13.8 Å². The van der Waals surface area contributed by atoms with E-state index in [1.165, 1.54) is 11.6 Å². The molecule has 0 amide bonds. The van der Waals surface area contributed by atoms with Crippen LogP contribution in [0.3, 0.4) is 0 Å². The third-order valence-corrected chi connectivity index (χ3v) is 3.59. The fourth-order valence-corrected chi connectivity index (χ4v) is 2.08. The molecule has 2 aromatic heterocycles. The largest absolute Gasteiger partial charge is 0.253 e. The number of aromatic nitrogens is 4. The zero-order valence-corrected chi connectivity index (χ0v) is 11.2. The van der Waals surface area contributed by atoms with Gasteiger partial charge in [-0.2, -0.15) is 0 Å². The molecule has 2 rings (SSSR count). The summed E-state index contributed by atoms with van der Waals surface area (Å²) >= 11 is 0. The van der Waals surface area contributed by atoms with Crippen molar-refractivity contribution in [1.29, 1.82) is 0 Å². The molecule has 0 aromatic carbocycles. The van der Waals surface area contributed by atoms with E-state index < -0.39 is 0 Å². The molecule has 17 heavy (non-hydrogen) atoms. The van der Waals surface area contributed by atoms with E-state index in [4.69, 9.17) is 0 Å². The van der Waals surface area contributed by atoms with Gasteiger partial charge >= 0.3 is 0 Å². The molecule has 0 aliphatic heterocycles. The quantitative estimate of drug-likeness (QED) is 0.691. The van der Waals surface area contributed by atoms with Crippen LogP contribution in [-0.4, -0.2) is 9.13 Å². The van der Waals surface area contributed by atoms with E-state index in [2.05, 4.69) is 71.0 Å². The molecule has 2 aromatic rings. The van der Waals surface area contributed by atoms with Crippen molar-refractivity contribution in [1.82, 2.24) is 9.13 Å². The number of hydrogen-bond acceptors (Lipinski definition) is 0. The molecule has 0 radical (unpaired) electrons. The lowest BCUT2D eigenvalue weighted by Crippen LogP contribution is -2.30. The maximum atomic E-state index is 2.30. The van der Waals surface area contributed by atoms with Crippen molar-refractivity contribution in [2.45, 2.75) is 33.4 Å². The predicted molar refractivity (Wildman–Crippen MR) is 65.3 cm³/mol. The highest BCUT2D eigenvalue weighted by molar-refractivity contribution is 4.81. The molecule has 0 bridgehead atoms. The first-order valence-corrected chi connectivity index (χ1v) is 6.12. The van der Waals surface area contributed by atoms with Gasteiger partial charge in [-0.15, -0.1) is 0 Å². The lowest BCUT2D eigenvalue weighted by molar-refractivity contribution is -0.677. The van der Waals surface area contributed by atoms with Crippen LogP contribution in [0.1, 0.15) is 18.1 Å². The lowest BCUT2D eigenvalue weighted by Gasteiger charge is -2.00. The summed E-state index contributed by atoms with van der Waals surface area (Å²) < 4.78 is 8.92. The van der Waals surface area contributed by atoms with Gasteiger partial charge in [-0.3, -0.25) is 0 Å². The van der Waals surface area contributed by atoms with Gasteiger partial charge in [0.1, 0.15) is 24.8 Å². The van der Waals surface area contributed by atoms with E-state index in [1.807, 2.05) is 0 Å². The molecule has 0 aliphatic carbocycles. The monoisotopic (exact) mass is 234 g/mol. The molecule has 4 nitrogen and oxygen atoms in total. The Morgan fingerprint density at radius 3 is 1.59 bits per heavy atom. The van der Waals surface area contributed by atoms with Gasteiger partial charge in [0, 0.05) is 20.3 Å². The average molecular weight is 234 g/mol. The Bertz CT molecular complexity index is 461. The fourth-order valence-electron chi connectivity index (χ4n) is 2.08. The second kappa shape index (κ2) is 4.73. The van der Waals surface area contributed by atoms with Gasteiger partial charge < -0.3 is 0 Å². The van der Waals surface area contributed by atoms with Crippen LogP contribution in [0.4, 0.5) is 0 Å². The van der Waals surface area contributed by atoms with E-state index in [0.29, 0.717) is 0 Å². The number of nitrogens with zero attached hydrogens (tertiary/aromatic N) is 4. The molecule has 0 saturated carbocycles. The predicted octanol–water partition coefficient (Wildman–Crippen LogP) is 0.646. The first kappa shape index (κ1) is 11.9. The Morgan fingerprint density at radius 1 is 0.882 bits per heavy atom. The number of rotatable bonds is 4. The molecule has 0 saturated heterocycles. The van der Waals surface area contributed by atoms with Crippen LogP contribution in [0.5, 0.6) is 0 Å². The number of imidazole rings is 2. The standard InChI is InChI=1S/C13H22N4/c1-12-14(3)8-10-16(12)6-5-7-17-11-9-15(4)13(17)2/h8-11H,5-7H2,1-4H3/q+2. The smallest absolute Gasteiger partial charge is 0.237 e. The Labute approximate surface area is 103 Å². The van der Waals surface area contributed by atoms with Crippen LogP contribution < -0.4 is 9.13 Å². The first-order chi connectivity index (χ1) is 8.09. The first-order valence-electron chi connectivity index (χ1n) is 6.12. The van der Waals surface area contributed by atoms with Gasteiger partial charge in [0.15, 0.2) is 0 Å². The van der Waals surface area contributed by atoms with Gasteiger partial charge in [-0.1, -0.05) is 0 Å². The molecule has 0 N–H and O–H groups in total. The molecule has 0 fully saturated rings. The Balaban J connectivity index is 1.92. The molecule has 2 heterocycles. The fraction of sp³-hybridized carbons (Fsp3) is 0.538. The van der Waals surface area contributed by atoms with Crippen molar-refractivity contribution in [3.8, 4) is 0 Å². The van der Waals surface area contributed by atoms with Crippen molar-refractivity contribution in [3.63, 3.8) is 0 Å². The van der Waals surface area contributed by atoms with E-state index in [-0.39, 0.29) is 0 Å². The summed E-state index contributed by atoms with van der Waals surface area (Å²) in [4.78, 5) is 0. The Morgan fingerprint density at radius 2 is 1.29 bits per heavy atom. The van der Waals surface area contributed by atoms with E-state index in [0.717, 1.165) is 19.5 Å². The van der Waals surface area contributed by atoms with Gasteiger partial charge in [-0.05, 0) is 0 Å². The zero-order chi connectivity index (χ0) is 12.4. The third-order valence-electron chi connectivity index (χ3n) is 3.59. The van der Waals surface area contributed by atoms with Gasteiger partial charge in [0.25, 0.3) is 11.6 Å². The van der Waals surface area contributed by atoms with Crippen LogP contribution >= 0.6 is 0 Å². The summed E-state index contributed by atoms with van der Waals surface area (Å²) in [7, 11) is 4.17. The molecule has 0 aliphatic rings. The highest BCUT2D eigenvalue weighted by Gasteiger charge is 2.11. The highest BCUT2D eigenvalue weighted by Crippen LogP contribution is 2.00. The van der Waals surface area contributed by atoms with Crippen LogP contribution in [0.2, 0.25) is 0 Å². The Kier molecular flexibility index (Phi) is 3.31. The second-order valence-corrected chi connectivity index (χ2v) is 4.65. The topological polar surface area (TPSA) is 17.6 Å². The minimum absolute atomic E-state index is 1.08. The molecule has 0 spiro atoms. The van der Waals surface area contributed by atoms with Crippen molar-refractivity contribution < 1.29 is 9.13 Å². The SMILES string of the molecule is Cc1n(CCCn2cc[n+](C)c2C)cc[n+]1C. The van der Waals surface area contributed by atoms with Crippen LogP contribution in [0.25, 0.3) is 0 Å². The summed E-state index contributed by atoms with van der Waals surface area (Å²) in [5, 5.41) is 0. The minimum Gasteiger partial charge on any atom is -0.237 e.